The number of pyridine rings is 1. The van der Waals surface area contributed by atoms with Crippen LogP contribution in [0.15, 0.2) is 48.8 Å². The molecule has 132 valence electrons. The topological polar surface area (TPSA) is 63.2 Å². The van der Waals surface area contributed by atoms with Crippen molar-refractivity contribution in [3.63, 3.8) is 0 Å². The molecule has 2 heterocycles. The summed E-state index contributed by atoms with van der Waals surface area (Å²) < 4.78 is 5.41. The Morgan fingerprint density at radius 2 is 1.96 bits per heavy atom. The lowest BCUT2D eigenvalue weighted by Crippen LogP contribution is -2.47. The molecule has 5 nitrogen and oxygen atoms in total. The highest BCUT2D eigenvalue weighted by Crippen LogP contribution is 2.28. The van der Waals surface area contributed by atoms with Crippen LogP contribution in [0.25, 0.3) is 11.1 Å². The van der Waals surface area contributed by atoms with Gasteiger partial charge in [0.25, 0.3) is 5.91 Å². The minimum absolute atomic E-state index is 0.0140. The molecule has 25 heavy (non-hydrogen) atoms. The van der Waals surface area contributed by atoms with Gasteiger partial charge in [-0.05, 0) is 37.6 Å². The van der Waals surface area contributed by atoms with Crippen LogP contribution in [0.4, 0.5) is 0 Å². The monoisotopic (exact) mass is 339 g/mol. The number of aromatic nitrogens is 1. The minimum atomic E-state index is -0.0840. The molecular weight excluding hydrogens is 314 g/mol. The Morgan fingerprint density at radius 3 is 2.68 bits per heavy atom. The highest BCUT2D eigenvalue weighted by molar-refractivity contribution is 5.95. The Hall–Kier alpha value is -2.24. The average Bonchev–Trinajstić information content (AvgIpc) is 2.68. The van der Waals surface area contributed by atoms with Crippen LogP contribution in [-0.2, 0) is 4.74 Å². The van der Waals surface area contributed by atoms with Crippen molar-refractivity contribution in [3.05, 3.63) is 54.4 Å². The molecule has 1 aliphatic rings. The molecule has 1 amide bonds. The van der Waals surface area contributed by atoms with E-state index in [9.17, 15) is 4.79 Å². The standard InChI is InChI=1S/C20H25N3O2/c1-25-15-20(7-9-21-10-8-20)14-23-19(24)18-11-17(12-22-13-18)16-5-3-2-4-6-16/h2-6,11-13,21H,7-10,14-15H2,1H3,(H,23,24). The summed E-state index contributed by atoms with van der Waals surface area (Å²) in [4.78, 5) is 16.8. The van der Waals surface area contributed by atoms with Gasteiger partial charge in [-0.25, -0.2) is 0 Å². The van der Waals surface area contributed by atoms with E-state index in [0.717, 1.165) is 37.1 Å². The summed E-state index contributed by atoms with van der Waals surface area (Å²) in [6.45, 7) is 3.21. The first-order chi connectivity index (χ1) is 12.2. The summed E-state index contributed by atoms with van der Waals surface area (Å²) in [7, 11) is 1.72. The average molecular weight is 339 g/mol. The molecule has 0 atom stereocenters. The number of amides is 1. The molecule has 2 N–H and O–H groups in total. The van der Waals surface area contributed by atoms with Crippen molar-refractivity contribution in [3.8, 4) is 11.1 Å². The quantitative estimate of drug-likeness (QED) is 0.849. The van der Waals surface area contributed by atoms with Crippen molar-refractivity contribution in [2.75, 3.05) is 33.4 Å². The molecule has 1 fully saturated rings. The van der Waals surface area contributed by atoms with Crippen LogP contribution in [-0.4, -0.2) is 44.2 Å². The van der Waals surface area contributed by atoms with Gasteiger partial charge in [-0.3, -0.25) is 9.78 Å². The first-order valence-electron chi connectivity index (χ1n) is 8.71. The maximum absolute atomic E-state index is 12.6. The molecule has 0 bridgehead atoms. The Labute approximate surface area is 148 Å². The van der Waals surface area contributed by atoms with Gasteiger partial charge in [-0.1, -0.05) is 30.3 Å². The fraction of sp³-hybridized carbons (Fsp3) is 0.400. The van der Waals surface area contributed by atoms with Gasteiger partial charge in [0.1, 0.15) is 0 Å². The Morgan fingerprint density at radius 1 is 1.20 bits per heavy atom. The summed E-state index contributed by atoms with van der Waals surface area (Å²) in [6, 6.07) is 11.9. The van der Waals surface area contributed by atoms with Crippen molar-refractivity contribution in [1.29, 1.82) is 0 Å². The largest absolute Gasteiger partial charge is 0.384 e. The van der Waals surface area contributed by atoms with Crippen LogP contribution in [0.5, 0.6) is 0 Å². The first-order valence-corrected chi connectivity index (χ1v) is 8.71. The van der Waals surface area contributed by atoms with E-state index < -0.39 is 0 Å². The van der Waals surface area contributed by atoms with Gasteiger partial charge in [-0.15, -0.1) is 0 Å². The van der Waals surface area contributed by atoms with Crippen molar-refractivity contribution >= 4 is 5.91 Å². The van der Waals surface area contributed by atoms with Gasteiger partial charge in [-0.2, -0.15) is 0 Å². The van der Waals surface area contributed by atoms with Gasteiger partial charge in [0.05, 0.1) is 12.2 Å². The van der Waals surface area contributed by atoms with Gasteiger partial charge in [0.2, 0.25) is 0 Å². The molecule has 0 spiro atoms. The number of nitrogens with one attached hydrogen (secondary N) is 2. The van der Waals surface area contributed by atoms with Crippen LogP contribution in [0, 0.1) is 5.41 Å². The van der Waals surface area contributed by atoms with Crippen LogP contribution in [0.3, 0.4) is 0 Å². The summed E-state index contributed by atoms with van der Waals surface area (Å²) in [5.74, 6) is -0.0840. The lowest BCUT2D eigenvalue weighted by molar-refractivity contribution is 0.0511. The fourth-order valence-corrected chi connectivity index (χ4v) is 3.36. The number of ether oxygens (including phenoxy) is 1. The van der Waals surface area contributed by atoms with E-state index in [1.54, 1.807) is 19.5 Å². The Bertz CT molecular complexity index is 692. The smallest absolute Gasteiger partial charge is 0.252 e. The zero-order valence-electron chi connectivity index (χ0n) is 14.6. The zero-order valence-corrected chi connectivity index (χ0v) is 14.6. The van der Waals surface area contributed by atoms with Gasteiger partial charge in [0.15, 0.2) is 0 Å². The Kier molecular flexibility index (Phi) is 5.79. The molecule has 3 rings (SSSR count). The molecule has 0 aliphatic carbocycles. The zero-order chi connectivity index (χ0) is 17.5. The van der Waals surface area contributed by atoms with E-state index >= 15 is 0 Å². The number of piperidine rings is 1. The summed E-state index contributed by atoms with van der Waals surface area (Å²) in [6.07, 6.45) is 5.41. The number of hydrogen-bond donors (Lipinski definition) is 2. The van der Waals surface area contributed by atoms with Crippen LogP contribution >= 0.6 is 0 Å². The maximum Gasteiger partial charge on any atom is 0.252 e. The second-order valence-electron chi connectivity index (χ2n) is 6.69. The second kappa shape index (κ2) is 8.23. The third-order valence-corrected chi connectivity index (χ3v) is 4.85. The number of nitrogens with zero attached hydrogens (tertiary/aromatic N) is 1. The fourth-order valence-electron chi connectivity index (χ4n) is 3.36. The van der Waals surface area contributed by atoms with E-state index in [4.69, 9.17) is 4.74 Å². The number of benzene rings is 1. The molecule has 1 aromatic carbocycles. The van der Waals surface area contributed by atoms with Crippen LogP contribution < -0.4 is 10.6 Å². The van der Waals surface area contributed by atoms with Gasteiger partial charge >= 0.3 is 0 Å². The van der Waals surface area contributed by atoms with Crippen molar-refractivity contribution in [2.24, 2.45) is 5.41 Å². The highest BCUT2D eigenvalue weighted by atomic mass is 16.5. The van der Waals surface area contributed by atoms with Gasteiger partial charge < -0.3 is 15.4 Å². The normalized spacial score (nSPS) is 16.4. The van der Waals surface area contributed by atoms with E-state index in [1.165, 1.54) is 0 Å². The van der Waals surface area contributed by atoms with E-state index in [2.05, 4.69) is 15.6 Å². The van der Waals surface area contributed by atoms with Crippen LogP contribution in [0.2, 0.25) is 0 Å². The van der Waals surface area contributed by atoms with Gasteiger partial charge in [0, 0.05) is 37.0 Å². The Balaban J connectivity index is 1.69. The molecule has 5 heteroatoms. The number of methoxy groups -OCH3 is 1. The number of rotatable bonds is 6. The second-order valence-corrected chi connectivity index (χ2v) is 6.69. The molecule has 0 radical (unpaired) electrons. The SMILES string of the molecule is COCC1(CNC(=O)c2cncc(-c3ccccc3)c2)CCNCC1. The lowest BCUT2D eigenvalue weighted by atomic mass is 9.79. The summed E-state index contributed by atoms with van der Waals surface area (Å²) in [5, 5.41) is 6.45. The molecule has 2 aromatic rings. The molecule has 1 aliphatic heterocycles. The predicted molar refractivity (Wildman–Crippen MR) is 98.4 cm³/mol. The van der Waals surface area contributed by atoms with Crippen molar-refractivity contribution < 1.29 is 9.53 Å². The number of carbonyl (C=O) groups is 1. The highest BCUT2D eigenvalue weighted by Gasteiger charge is 2.32. The lowest BCUT2D eigenvalue weighted by Gasteiger charge is -2.37. The number of carbonyl (C=O) groups excluding carboxylic acids is 1. The minimum Gasteiger partial charge on any atom is -0.384 e. The maximum atomic E-state index is 12.6. The summed E-state index contributed by atoms with van der Waals surface area (Å²) >= 11 is 0. The first kappa shape index (κ1) is 17.6. The van der Waals surface area contributed by atoms with Crippen molar-refractivity contribution in [1.82, 2.24) is 15.6 Å². The van der Waals surface area contributed by atoms with Crippen molar-refractivity contribution in [2.45, 2.75) is 12.8 Å². The molecular formula is C20H25N3O2. The predicted octanol–water partition coefficient (Wildman–Crippen LogP) is 2.49. The third-order valence-electron chi connectivity index (χ3n) is 4.85. The third kappa shape index (κ3) is 4.44. The molecule has 0 unspecified atom stereocenters. The van der Waals surface area contributed by atoms with E-state index in [0.29, 0.717) is 18.7 Å². The van der Waals surface area contributed by atoms with E-state index in [-0.39, 0.29) is 11.3 Å². The number of hydrogen-bond acceptors (Lipinski definition) is 4. The van der Waals surface area contributed by atoms with E-state index in [1.807, 2.05) is 36.4 Å². The summed E-state index contributed by atoms with van der Waals surface area (Å²) in [5.41, 5.74) is 2.60. The molecule has 1 saturated heterocycles. The molecule has 1 aromatic heterocycles. The van der Waals surface area contributed by atoms with Crippen LogP contribution in [0.1, 0.15) is 23.2 Å². The molecule has 0 saturated carbocycles.